The molecule has 0 unspecified atom stereocenters. The van der Waals surface area contributed by atoms with Crippen LogP contribution in [0.4, 0.5) is 5.82 Å². The van der Waals surface area contributed by atoms with Gasteiger partial charge in [0.1, 0.15) is 17.0 Å². The number of rotatable bonds is 4. The van der Waals surface area contributed by atoms with Crippen LogP contribution in [0.2, 0.25) is 0 Å². The molecule has 1 aromatic carbocycles. The highest BCUT2D eigenvalue weighted by atomic mass is 32.1. The van der Waals surface area contributed by atoms with Gasteiger partial charge in [-0.2, -0.15) is 5.10 Å². The number of pyridine rings is 1. The number of nitrogens with zero attached hydrogens (tertiary/aromatic N) is 7. The summed E-state index contributed by atoms with van der Waals surface area (Å²) in [5, 5.41) is 8.38. The van der Waals surface area contributed by atoms with Crippen molar-refractivity contribution in [1.29, 1.82) is 0 Å². The third-order valence-corrected chi connectivity index (χ3v) is 7.14. The fourth-order valence-corrected chi connectivity index (χ4v) is 5.26. The lowest BCUT2D eigenvalue weighted by molar-refractivity contribution is 0.0748. The van der Waals surface area contributed by atoms with E-state index in [2.05, 4.69) is 26.0 Å². The van der Waals surface area contributed by atoms with E-state index in [0.717, 1.165) is 51.4 Å². The summed E-state index contributed by atoms with van der Waals surface area (Å²) < 4.78 is 1.84. The average molecular weight is 470 g/mol. The predicted octanol–water partition coefficient (Wildman–Crippen LogP) is 4.09. The molecule has 8 nitrogen and oxygen atoms in total. The van der Waals surface area contributed by atoms with Crippen LogP contribution in [0.5, 0.6) is 0 Å². The van der Waals surface area contributed by atoms with Crippen LogP contribution < -0.4 is 4.90 Å². The van der Waals surface area contributed by atoms with Crippen LogP contribution in [-0.2, 0) is 6.54 Å². The second kappa shape index (κ2) is 8.49. The molecule has 0 bridgehead atoms. The number of aryl methyl sites for hydroxylation is 1. The van der Waals surface area contributed by atoms with Crippen molar-refractivity contribution in [3.63, 3.8) is 0 Å². The lowest BCUT2D eigenvalue weighted by atomic mass is 10.1. The highest BCUT2D eigenvalue weighted by molar-refractivity contribution is 7.16. The van der Waals surface area contributed by atoms with Gasteiger partial charge in [-0.05, 0) is 24.4 Å². The maximum atomic E-state index is 13.7. The van der Waals surface area contributed by atoms with Crippen LogP contribution in [0.15, 0.2) is 60.4 Å². The van der Waals surface area contributed by atoms with Gasteiger partial charge in [0.25, 0.3) is 5.91 Å². The van der Waals surface area contributed by atoms with Crippen LogP contribution in [-0.4, -0.2) is 61.7 Å². The Hall–Kier alpha value is -3.85. The van der Waals surface area contributed by atoms with E-state index in [1.54, 1.807) is 23.9 Å². The largest absolute Gasteiger partial charge is 0.352 e. The molecular weight excluding hydrogens is 446 g/mol. The zero-order valence-corrected chi connectivity index (χ0v) is 19.6. The fraction of sp³-hybridized carbons (Fsp3) is 0.240. The molecule has 0 spiro atoms. The number of hydrogen-bond donors (Lipinski definition) is 0. The number of carbonyl (C=O) groups excluding carboxylic acids is 1. The van der Waals surface area contributed by atoms with Crippen molar-refractivity contribution < 1.29 is 4.79 Å². The molecule has 0 N–H and O–H groups in total. The monoisotopic (exact) mass is 469 g/mol. The van der Waals surface area contributed by atoms with Gasteiger partial charge in [-0.1, -0.05) is 30.3 Å². The number of carbonyl (C=O) groups is 1. The zero-order valence-electron chi connectivity index (χ0n) is 18.8. The van der Waals surface area contributed by atoms with Crippen molar-refractivity contribution in [3.8, 4) is 11.3 Å². The number of aromatic nitrogens is 5. The highest BCUT2D eigenvalue weighted by Crippen LogP contribution is 2.29. The van der Waals surface area contributed by atoms with E-state index in [9.17, 15) is 4.79 Å². The van der Waals surface area contributed by atoms with Crippen LogP contribution in [0.3, 0.4) is 0 Å². The van der Waals surface area contributed by atoms with Gasteiger partial charge in [0, 0.05) is 38.3 Å². The van der Waals surface area contributed by atoms with Gasteiger partial charge in [0.2, 0.25) is 0 Å². The van der Waals surface area contributed by atoms with E-state index in [-0.39, 0.29) is 5.91 Å². The molecule has 1 fully saturated rings. The van der Waals surface area contributed by atoms with E-state index in [1.807, 2.05) is 58.3 Å². The number of amides is 1. The molecule has 0 radical (unpaired) electrons. The fourth-order valence-electron chi connectivity index (χ4n) is 4.53. The predicted molar refractivity (Wildman–Crippen MR) is 134 cm³/mol. The first-order valence-corrected chi connectivity index (χ1v) is 12.3. The molecule has 1 aliphatic heterocycles. The second-order valence-electron chi connectivity index (χ2n) is 8.23. The van der Waals surface area contributed by atoms with Gasteiger partial charge in [-0.15, -0.1) is 11.3 Å². The molecule has 1 amide bonds. The summed E-state index contributed by atoms with van der Waals surface area (Å²) in [5.41, 5.74) is 3.16. The maximum absolute atomic E-state index is 13.7. The third kappa shape index (κ3) is 3.49. The molecule has 6 rings (SSSR count). The van der Waals surface area contributed by atoms with E-state index in [4.69, 9.17) is 4.98 Å². The van der Waals surface area contributed by atoms with Crippen LogP contribution in [0.1, 0.15) is 17.3 Å². The summed E-state index contributed by atoms with van der Waals surface area (Å²) in [6.07, 6.45) is 3.38. The van der Waals surface area contributed by atoms with E-state index < -0.39 is 0 Å². The van der Waals surface area contributed by atoms with Crippen LogP contribution in [0, 0.1) is 0 Å². The minimum absolute atomic E-state index is 0.0169. The number of piperazine rings is 1. The van der Waals surface area contributed by atoms with Gasteiger partial charge >= 0.3 is 0 Å². The third-order valence-electron chi connectivity index (χ3n) is 6.32. The first kappa shape index (κ1) is 20.7. The van der Waals surface area contributed by atoms with E-state index >= 15 is 0 Å². The Morgan fingerprint density at radius 1 is 1.03 bits per heavy atom. The molecular formula is C25H23N7OS. The number of anilines is 1. The summed E-state index contributed by atoms with van der Waals surface area (Å²) in [6, 6.07) is 13.9. The summed E-state index contributed by atoms with van der Waals surface area (Å²) in [7, 11) is 0. The molecule has 1 aliphatic rings. The molecule has 1 saturated heterocycles. The Morgan fingerprint density at radius 2 is 1.85 bits per heavy atom. The Bertz CT molecular complexity index is 1490. The Balaban J connectivity index is 1.31. The smallest absolute Gasteiger partial charge is 0.254 e. The molecule has 9 heteroatoms. The SMILES string of the molecule is CCn1ncc2c(C(=O)N3CCN(c4ncnc5sccc45)CC3)cc(-c3ccccc3)nc21. The molecule has 4 aromatic heterocycles. The molecule has 0 atom stereocenters. The van der Waals surface area contributed by atoms with Crippen molar-refractivity contribution in [3.05, 3.63) is 65.9 Å². The second-order valence-corrected chi connectivity index (χ2v) is 9.13. The van der Waals surface area contributed by atoms with Gasteiger partial charge in [0.05, 0.1) is 28.2 Å². The molecule has 5 heterocycles. The summed E-state index contributed by atoms with van der Waals surface area (Å²) in [6.45, 7) is 5.42. The van der Waals surface area contributed by atoms with Gasteiger partial charge in [0.15, 0.2) is 5.65 Å². The lowest BCUT2D eigenvalue weighted by Crippen LogP contribution is -2.49. The standard InChI is InChI=1S/C25H23N7OS/c1-2-32-23-20(15-28-32)19(14-21(29-23)17-6-4-3-5-7-17)25(33)31-11-9-30(10-12-31)22-18-8-13-34-24(18)27-16-26-22/h3-8,13-16H,2,9-12H2,1H3. The number of benzene rings is 1. The van der Waals surface area contributed by atoms with Crippen molar-refractivity contribution in [1.82, 2.24) is 29.6 Å². The molecule has 0 saturated carbocycles. The van der Waals surface area contributed by atoms with Gasteiger partial charge in [-0.25, -0.2) is 19.6 Å². The number of fused-ring (bicyclic) bond motifs is 2. The quantitative estimate of drug-likeness (QED) is 0.395. The van der Waals surface area contributed by atoms with Crippen LogP contribution >= 0.6 is 11.3 Å². The highest BCUT2D eigenvalue weighted by Gasteiger charge is 2.26. The normalized spacial score (nSPS) is 14.3. The summed E-state index contributed by atoms with van der Waals surface area (Å²) in [5.74, 6) is 0.962. The first-order chi connectivity index (χ1) is 16.7. The Morgan fingerprint density at radius 3 is 2.65 bits per heavy atom. The Labute approximate surface area is 200 Å². The zero-order chi connectivity index (χ0) is 23.1. The maximum Gasteiger partial charge on any atom is 0.254 e. The lowest BCUT2D eigenvalue weighted by Gasteiger charge is -2.35. The van der Waals surface area contributed by atoms with Crippen molar-refractivity contribution in [2.45, 2.75) is 13.5 Å². The first-order valence-electron chi connectivity index (χ1n) is 11.4. The van der Waals surface area contributed by atoms with Crippen molar-refractivity contribution >= 4 is 44.3 Å². The molecule has 34 heavy (non-hydrogen) atoms. The minimum Gasteiger partial charge on any atom is -0.352 e. The molecule has 5 aromatic rings. The van der Waals surface area contributed by atoms with Crippen LogP contribution in [0.25, 0.3) is 32.5 Å². The molecule has 170 valence electrons. The Kier molecular flexibility index (Phi) is 5.18. The number of hydrogen-bond acceptors (Lipinski definition) is 7. The van der Waals surface area contributed by atoms with Gasteiger partial charge < -0.3 is 9.80 Å². The topological polar surface area (TPSA) is 80.0 Å². The van der Waals surface area contributed by atoms with Crippen molar-refractivity contribution in [2.24, 2.45) is 0 Å². The average Bonchev–Trinajstić information content (AvgIpc) is 3.55. The summed E-state index contributed by atoms with van der Waals surface area (Å²) in [4.78, 5) is 32.6. The minimum atomic E-state index is 0.0169. The van der Waals surface area contributed by atoms with E-state index in [1.165, 1.54) is 0 Å². The number of thiophene rings is 1. The van der Waals surface area contributed by atoms with E-state index in [0.29, 0.717) is 25.2 Å². The van der Waals surface area contributed by atoms with Gasteiger partial charge in [-0.3, -0.25) is 4.79 Å². The molecule has 0 aliphatic carbocycles. The summed E-state index contributed by atoms with van der Waals surface area (Å²) >= 11 is 1.62. The van der Waals surface area contributed by atoms with Crippen molar-refractivity contribution in [2.75, 3.05) is 31.1 Å².